The number of benzene rings is 2. The Balaban J connectivity index is 1.97. The molecule has 0 amide bonds. The summed E-state index contributed by atoms with van der Waals surface area (Å²) in [6.07, 6.45) is 6.29. The number of hydrogen-bond acceptors (Lipinski definition) is 1. The van der Waals surface area contributed by atoms with E-state index in [1.807, 2.05) is 30.3 Å². The van der Waals surface area contributed by atoms with Gasteiger partial charge in [0.05, 0.1) is 0 Å². The Morgan fingerprint density at radius 1 is 1.00 bits per heavy atom. The molecule has 0 spiro atoms. The first kappa shape index (κ1) is 16.1. The quantitative estimate of drug-likeness (QED) is 0.641. The van der Waals surface area contributed by atoms with Crippen LogP contribution in [0.15, 0.2) is 42.5 Å². The maximum atomic E-state index is 13.1. The van der Waals surface area contributed by atoms with E-state index < -0.39 is 17.5 Å². The van der Waals surface area contributed by atoms with Crippen molar-refractivity contribution in [1.82, 2.24) is 0 Å². The van der Waals surface area contributed by atoms with E-state index in [1.165, 1.54) is 0 Å². The lowest BCUT2D eigenvalue weighted by molar-refractivity contribution is 0.299. The Labute approximate surface area is 128 Å². The first-order valence-electron chi connectivity index (χ1n) is 7.13. The molecular weight excluding hydrogens is 289 g/mol. The molecule has 0 aliphatic heterocycles. The molecule has 0 bridgehead atoms. The number of halogens is 3. The smallest absolute Gasteiger partial charge is 0.194 e. The van der Waals surface area contributed by atoms with E-state index in [9.17, 15) is 13.2 Å². The molecule has 0 radical (unpaired) electrons. The summed E-state index contributed by atoms with van der Waals surface area (Å²) in [5, 5.41) is 0. The van der Waals surface area contributed by atoms with E-state index in [0.717, 1.165) is 36.1 Å². The molecule has 22 heavy (non-hydrogen) atoms. The number of ether oxygens (including phenoxy) is 1. The number of unbranched alkanes of at least 4 members (excludes halogenated alkanes) is 1. The van der Waals surface area contributed by atoms with Crippen LogP contribution in [0.1, 0.15) is 30.9 Å². The van der Waals surface area contributed by atoms with Crippen molar-refractivity contribution in [2.24, 2.45) is 0 Å². The predicted molar refractivity (Wildman–Crippen MR) is 81.0 cm³/mol. The minimum absolute atomic E-state index is 0.0386. The topological polar surface area (TPSA) is 9.23 Å². The maximum Gasteiger partial charge on any atom is 0.194 e. The van der Waals surface area contributed by atoms with E-state index >= 15 is 0 Å². The molecule has 0 aliphatic rings. The first-order valence-corrected chi connectivity index (χ1v) is 7.13. The summed E-state index contributed by atoms with van der Waals surface area (Å²) >= 11 is 0. The third-order valence-electron chi connectivity index (χ3n) is 3.11. The van der Waals surface area contributed by atoms with Crippen LogP contribution in [0.25, 0.3) is 6.08 Å². The minimum Gasteiger partial charge on any atom is -0.489 e. The molecule has 0 saturated heterocycles. The van der Waals surface area contributed by atoms with E-state index in [4.69, 9.17) is 4.74 Å². The molecule has 0 unspecified atom stereocenters. The van der Waals surface area contributed by atoms with Gasteiger partial charge in [-0.3, -0.25) is 0 Å². The van der Waals surface area contributed by atoms with E-state index in [1.54, 1.807) is 0 Å². The van der Waals surface area contributed by atoms with Gasteiger partial charge in [0.25, 0.3) is 0 Å². The van der Waals surface area contributed by atoms with Crippen LogP contribution >= 0.6 is 0 Å². The zero-order valence-electron chi connectivity index (χ0n) is 12.3. The van der Waals surface area contributed by atoms with Gasteiger partial charge < -0.3 is 4.74 Å². The zero-order valence-corrected chi connectivity index (χ0v) is 12.3. The molecule has 0 heterocycles. The van der Waals surface area contributed by atoms with Crippen LogP contribution in [0.2, 0.25) is 0 Å². The Morgan fingerprint density at radius 2 is 1.64 bits per heavy atom. The van der Waals surface area contributed by atoms with Gasteiger partial charge in [-0.15, -0.1) is 0 Å². The molecule has 0 saturated carbocycles. The van der Waals surface area contributed by atoms with Crippen LogP contribution in [0.3, 0.4) is 0 Å². The molecule has 116 valence electrons. The van der Waals surface area contributed by atoms with Crippen LogP contribution in [0.5, 0.6) is 5.75 Å². The lowest BCUT2D eigenvalue weighted by Gasteiger charge is -2.07. The number of hydrogen-bond donors (Lipinski definition) is 0. The molecule has 2 aromatic rings. The predicted octanol–water partition coefficient (Wildman–Crippen LogP) is 5.50. The van der Waals surface area contributed by atoms with Gasteiger partial charge in [0, 0.05) is 12.1 Å². The third-order valence-corrected chi connectivity index (χ3v) is 3.11. The summed E-state index contributed by atoms with van der Waals surface area (Å²) in [7, 11) is 0. The van der Waals surface area contributed by atoms with Crippen LogP contribution < -0.4 is 4.74 Å². The van der Waals surface area contributed by atoms with Gasteiger partial charge in [0.1, 0.15) is 12.4 Å². The van der Waals surface area contributed by atoms with Crippen molar-refractivity contribution in [3.63, 3.8) is 0 Å². The molecule has 2 aromatic carbocycles. The average molecular weight is 306 g/mol. The second-order valence-corrected chi connectivity index (χ2v) is 4.92. The number of allylic oxidation sites excluding steroid dienone is 1. The van der Waals surface area contributed by atoms with Crippen LogP contribution in [-0.2, 0) is 6.61 Å². The summed E-state index contributed by atoms with van der Waals surface area (Å²) in [6, 6.07) is 9.30. The van der Waals surface area contributed by atoms with Crippen molar-refractivity contribution in [2.45, 2.75) is 26.4 Å². The molecular formula is C18H17F3O. The maximum absolute atomic E-state index is 13.1. The lowest BCUT2D eigenvalue weighted by Crippen LogP contribution is -1.98. The Hall–Kier alpha value is -2.23. The highest BCUT2D eigenvalue weighted by Gasteiger charge is 2.11. The standard InChI is InChI=1S/C18H17F3O/c1-2-3-4-5-13-6-8-14(9-7-13)12-22-15-10-16(19)18(21)17(20)11-15/h4-11H,2-3,12H2,1H3/b5-4+. The Bertz CT molecular complexity index is 625. The fourth-order valence-electron chi connectivity index (χ4n) is 1.89. The second-order valence-electron chi connectivity index (χ2n) is 4.92. The van der Waals surface area contributed by atoms with Gasteiger partial charge in [-0.1, -0.05) is 49.8 Å². The van der Waals surface area contributed by atoms with Crippen LogP contribution in [-0.4, -0.2) is 0 Å². The Morgan fingerprint density at radius 3 is 2.23 bits per heavy atom. The van der Waals surface area contributed by atoms with Crippen molar-refractivity contribution >= 4 is 6.08 Å². The van der Waals surface area contributed by atoms with Gasteiger partial charge >= 0.3 is 0 Å². The second kappa shape index (κ2) is 7.69. The summed E-state index contributed by atoms with van der Waals surface area (Å²) in [6.45, 7) is 2.27. The first-order chi connectivity index (χ1) is 10.6. The van der Waals surface area contributed by atoms with Gasteiger partial charge in [0.2, 0.25) is 0 Å². The molecule has 0 N–H and O–H groups in total. The molecule has 0 aromatic heterocycles. The largest absolute Gasteiger partial charge is 0.489 e. The van der Waals surface area contributed by atoms with Gasteiger partial charge in [-0.2, -0.15) is 0 Å². The lowest BCUT2D eigenvalue weighted by atomic mass is 10.1. The molecule has 2 rings (SSSR count). The summed E-state index contributed by atoms with van der Waals surface area (Å²) in [5.74, 6) is -4.04. The van der Waals surface area contributed by atoms with Crippen LogP contribution in [0.4, 0.5) is 13.2 Å². The summed E-state index contributed by atoms with van der Waals surface area (Å²) < 4.78 is 44.2. The van der Waals surface area contributed by atoms with Crippen molar-refractivity contribution in [1.29, 1.82) is 0 Å². The highest BCUT2D eigenvalue weighted by Crippen LogP contribution is 2.20. The monoisotopic (exact) mass is 306 g/mol. The SMILES string of the molecule is CCC/C=C/c1ccc(COc2cc(F)c(F)c(F)c2)cc1. The van der Waals surface area contributed by atoms with E-state index in [2.05, 4.69) is 13.0 Å². The molecule has 0 aliphatic carbocycles. The average Bonchev–Trinajstić information content (AvgIpc) is 2.52. The van der Waals surface area contributed by atoms with Crippen molar-refractivity contribution in [2.75, 3.05) is 0 Å². The summed E-state index contributed by atoms with van der Waals surface area (Å²) in [4.78, 5) is 0. The van der Waals surface area contributed by atoms with Crippen molar-refractivity contribution in [3.05, 3.63) is 71.1 Å². The van der Waals surface area contributed by atoms with E-state index in [-0.39, 0.29) is 12.4 Å². The Kier molecular flexibility index (Phi) is 5.64. The van der Waals surface area contributed by atoms with Crippen molar-refractivity contribution in [3.8, 4) is 5.75 Å². The number of rotatable bonds is 6. The van der Waals surface area contributed by atoms with Crippen LogP contribution in [0, 0.1) is 17.5 Å². The van der Waals surface area contributed by atoms with Gasteiger partial charge in [-0.05, 0) is 17.5 Å². The fraction of sp³-hybridized carbons (Fsp3) is 0.222. The highest BCUT2D eigenvalue weighted by molar-refractivity contribution is 5.49. The van der Waals surface area contributed by atoms with Crippen molar-refractivity contribution < 1.29 is 17.9 Å². The molecule has 0 fully saturated rings. The van der Waals surface area contributed by atoms with Gasteiger partial charge in [0.15, 0.2) is 17.5 Å². The normalized spacial score (nSPS) is 11.1. The fourth-order valence-corrected chi connectivity index (χ4v) is 1.89. The molecule has 1 nitrogen and oxygen atoms in total. The van der Waals surface area contributed by atoms with E-state index in [0.29, 0.717) is 0 Å². The van der Waals surface area contributed by atoms with Gasteiger partial charge in [-0.25, -0.2) is 13.2 Å². The molecule has 4 heteroatoms. The summed E-state index contributed by atoms with van der Waals surface area (Å²) in [5.41, 5.74) is 1.94. The third kappa shape index (κ3) is 4.38. The molecule has 0 atom stereocenters. The highest BCUT2D eigenvalue weighted by atomic mass is 19.2. The zero-order chi connectivity index (χ0) is 15.9. The minimum atomic E-state index is -1.49.